The molecule has 0 aliphatic carbocycles. The minimum Gasteiger partial charge on any atom is -0.497 e. The molecule has 0 rings (SSSR count). The summed E-state index contributed by atoms with van der Waals surface area (Å²) in [5.41, 5.74) is 0. The lowest BCUT2D eigenvalue weighted by Gasteiger charge is -2.12. The Bertz CT molecular complexity index is 127. The van der Waals surface area contributed by atoms with Gasteiger partial charge in [-0.2, -0.15) is 0 Å². The fraction of sp³-hybridized carbons (Fsp3) is 0.875. The van der Waals surface area contributed by atoms with E-state index in [-0.39, 0.29) is 5.97 Å². The van der Waals surface area contributed by atoms with Gasteiger partial charge in [-0.15, -0.1) is 0 Å². The molecule has 4 heteroatoms. The molecule has 0 bridgehead atoms. The lowest BCUT2D eigenvalue weighted by Crippen LogP contribution is -2.24. The van der Waals surface area contributed by atoms with Gasteiger partial charge in [0.15, 0.2) is 0 Å². The number of hydrogen-bond acceptors (Lipinski definition) is 3. The molecule has 0 spiro atoms. The van der Waals surface area contributed by atoms with Crippen LogP contribution in [0, 0.1) is 0 Å². The Labute approximate surface area is 75.9 Å². The Morgan fingerprint density at radius 3 is 2.42 bits per heavy atom. The molecule has 0 heterocycles. The van der Waals surface area contributed by atoms with Crippen LogP contribution in [0.1, 0.15) is 33.1 Å². The van der Waals surface area contributed by atoms with E-state index in [4.69, 9.17) is 8.85 Å². The van der Waals surface area contributed by atoms with E-state index in [1.165, 1.54) is 0 Å². The second kappa shape index (κ2) is 7.30. The van der Waals surface area contributed by atoms with Gasteiger partial charge in [-0.3, -0.25) is 4.79 Å². The quantitative estimate of drug-likeness (QED) is 0.597. The maximum atomic E-state index is 11.0. The molecule has 0 saturated carbocycles. The van der Waals surface area contributed by atoms with E-state index >= 15 is 0 Å². The predicted molar refractivity (Wildman–Crippen MR) is 50.3 cm³/mol. The molecule has 0 aromatic carbocycles. The Morgan fingerprint density at radius 2 is 2.00 bits per heavy atom. The number of hydrogen-bond donors (Lipinski definition) is 0. The highest BCUT2D eigenvalue weighted by Crippen LogP contribution is 2.02. The zero-order chi connectivity index (χ0) is 9.40. The third-order valence-corrected chi connectivity index (χ3v) is 3.60. The molecule has 1 unspecified atom stereocenters. The van der Waals surface area contributed by atoms with Gasteiger partial charge < -0.3 is 8.85 Å². The van der Waals surface area contributed by atoms with Crippen LogP contribution in [0.2, 0.25) is 6.04 Å². The molecule has 72 valence electrons. The summed E-state index contributed by atoms with van der Waals surface area (Å²) in [6.07, 6.45) is 2.37. The van der Waals surface area contributed by atoms with Crippen LogP contribution >= 0.6 is 0 Å². The summed E-state index contributed by atoms with van der Waals surface area (Å²) in [5, 5.41) is 0. The Hall–Kier alpha value is -0.353. The van der Waals surface area contributed by atoms with Crippen LogP contribution in [0.5, 0.6) is 0 Å². The van der Waals surface area contributed by atoms with Gasteiger partial charge in [-0.25, -0.2) is 0 Å². The average Bonchev–Trinajstić information content (AvgIpc) is 2.04. The summed E-state index contributed by atoms with van der Waals surface area (Å²) < 4.78 is 10.3. The number of carbonyl (C=O) groups excluding carboxylic acids is 1. The third kappa shape index (κ3) is 5.32. The predicted octanol–water partition coefficient (Wildman–Crippen LogP) is 1.61. The van der Waals surface area contributed by atoms with Crippen molar-refractivity contribution in [2.24, 2.45) is 0 Å². The van der Waals surface area contributed by atoms with E-state index in [0.717, 1.165) is 18.9 Å². The summed E-state index contributed by atoms with van der Waals surface area (Å²) in [6, 6.07) is 0.909. The minimum absolute atomic E-state index is 0.107. The summed E-state index contributed by atoms with van der Waals surface area (Å²) >= 11 is 0. The summed E-state index contributed by atoms with van der Waals surface area (Å²) in [5.74, 6) is -0.107. The van der Waals surface area contributed by atoms with Gasteiger partial charge in [-0.05, 0) is 12.5 Å². The zero-order valence-corrected chi connectivity index (χ0v) is 9.29. The maximum absolute atomic E-state index is 11.0. The van der Waals surface area contributed by atoms with Gasteiger partial charge in [0.05, 0.1) is 0 Å². The van der Waals surface area contributed by atoms with E-state index in [1.807, 2.05) is 6.92 Å². The van der Waals surface area contributed by atoms with Crippen molar-refractivity contribution in [1.82, 2.24) is 0 Å². The first kappa shape index (κ1) is 11.6. The van der Waals surface area contributed by atoms with Crippen molar-refractivity contribution in [3.8, 4) is 0 Å². The second-order valence-electron chi connectivity index (χ2n) is 2.69. The van der Waals surface area contributed by atoms with E-state index in [1.54, 1.807) is 7.11 Å². The highest BCUT2D eigenvalue weighted by Gasteiger charge is 2.14. The average molecular weight is 190 g/mol. The third-order valence-electron chi connectivity index (χ3n) is 1.50. The van der Waals surface area contributed by atoms with E-state index < -0.39 is 9.28 Å². The SMILES string of the molecule is CCCC(=O)O[SiH](CCC)OC. The van der Waals surface area contributed by atoms with Crippen LogP contribution in [0.15, 0.2) is 0 Å². The van der Waals surface area contributed by atoms with Crippen molar-refractivity contribution >= 4 is 15.3 Å². The molecular formula is C8H18O3Si. The van der Waals surface area contributed by atoms with Gasteiger partial charge in [0.2, 0.25) is 0 Å². The smallest absolute Gasteiger partial charge is 0.385 e. The second-order valence-corrected chi connectivity index (χ2v) is 4.84. The molecule has 3 nitrogen and oxygen atoms in total. The zero-order valence-electron chi connectivity index (χ0n) is 8.13. The molecule has 0 saturated heterocycles. The van der Waals surface area contributed by atoms with Gasteiger partial charge in [-0.1, -0.05) is 20.3 Å². The van der Waals surface area contributed by atoms with Crippen LogP contribution in [0.3, 0.4) is 0 Å². The monoisotopic (exact) mass is 190 g/mol. The van der Waals surface area contributed by atoms with Crippen molar-refractivity contribution in [3.05, 3.63) is 0 Å². The lowest BCUT2D eigenvalue weighted by molar-refractivity contribution is -0.135. The Balaban J connectivity index is 3.61. The van der Waals surface area contributed by atoms with E-state index in [9.17, 15) is 4.79 Å². The lowest BCUT2D eigenvalue weighted by atomic mass is 10.4. The minimum atomic E-state index is -1.65. The van der Waals surface area contributed by atoms with Crippen molar-refractivity contribution < 1.29 is 13.6 Å². The van der Waals surface area contributed by atoms with Gasteiger partial charge >= 0.3 is 9.28 Å². The highest BCUT2D eigenvalue weighted by molar-refractivity contribution is 6.46. The molecule has 0 fully saturated rings. The normalized spacial score (nSPS) is 12.6. The molecule has 0 aliphatic heterocycles. The molecular weight excluding hydrogens is 172 g/mol. The largest absolute Gasteiger partial charge is 0.497 e. The van der Waals surface area contributed by atoms with Crippen molar-refractivity contribution in [3.63, 3.8) is 0 Å². The molecule has 0 amide bonds. The fourth-order valence-corrected chi connectivity index (χ4v) is 2.20. The van der Waals surface area contributed by atoms with Crippen LogP contribution < -0.4 is 0 Å². The van der Waals surface area contributed by atoms with Crippen molar-refractivity contribution in [1.29, 1.82) is 0 Å². The standard InChI is InChI=1S/C8H18O3Si/c1-4-6-8(9)11-12(10-3)7-5-2/h12H,4-7H2,1-3H3. The van der Waals surface area contributed by atoms with E-state index in [2.05, 4.69) is 6.92 Å². The molecule has 1 atom stereocenters. The Morgan fingerprint density at radius 1 is 1.33 bits per heavy atom. The molecule has 0 aromatic heterocycles. The highest BCUT2D eigenvalue weighted by atomic mass is 28.3. The fourth-order valence-electron chi connectivity index (χ4n) is 0.870. The summed E-state index contributed by atoms with van der Waals surface area (Å²) in [7, 11) is -0.0351. The van der Waals surface area contributed by atoms with Gasteiger partial charge in [0.1, 0.15) is 0 Å². The maximum Gasteiger partial charge on any atom is 0.385 e. The summed E-state index contributed by atoms with van der Waals surface area (Å²) in [6.45, 7) is 4.02. The van der Waals surface area contributed by atoms with Crippen molar-refractivity contribution in [2.45, 2.75) is 39.2 Å². The first-order chi connectivity index (χ1) is 5.74. The van der Waals surface area contributed by atoms with Gasteiger partial charge in [0.25, 0.3) is 5.97 Å². The molecule has 0 N–H and O–H groups in total. The molecule has 0 radical (unpaired) electrons. The van der Waals surface area contributed by atoms with Crippen LogP contribution in [0.25, 0.3) is 0 Å². The van der Waals surface area contributed by atoms with Crippen molar-refractivity contribution in [2.75, 3.05) is 7.11 Å². The van der Waals surface area contributed by atoms with Crippen LogP contribution in [-0.4, -0.2) is 22.4 Å². The van der Waals surface area contributed by atoms with Crippen LogP contribution in [0.4, 0.5) is 0 Å². The first-order valence-electron chi connectivity index (χ1n) is 4.46. The van der Waals surface area contributed by atoms with Gasteiger partial charge in [0, 0.05) is 13.5 Å². The summed E-state index contributed by atoms with van der Waals surface area (Å²) in [4.78, 5) is 11.0. The van der Waals surface area contributed by atoms with E-state index in [0.29, 0.717) is 6.42 Å². The van der Waals surface area contributed by atoms with Crippen LogP contribution in [-0.2, 0) is 13.6 Å². The topological polar surface area (TPSA) is 35.5 Å². The number of carbonyl (C=O) groups is 1. The molecule has 0 aromatic rings. The number of rotatable bonds is 6. The Kier molecular flexibility index (Phi) is 7.09. The molecule has 0 aliphatic rings. The first-order valence-corrected chi connectivity index (χ1v) is 6.22. The molecule has 12 heavy (non-hydrogen) atoms.